The molecular formula is C19H14F4N2O2S. The van der Waals surface area contributed by atoms with Gasteiger partial charge in [0.15, 0.2) is 5.78 Å². The van der Waals surface area contributed by atoms with Crippen molar-refractivity contribution in [3.63, 3.8) is 0 Å². The molecule has 0 aliphatic heterocycles. The lowest BCUT2D eigenvalue weighted by atomic mass is 10.1. The summed E-state index contributed by atoms with van der Waals surface area (Å²) in [7, 11) is 0. The first-order chi connectivity index (χ1) is 13.2. The molecule has 0 aliphatic rings. The molecule has 0 saturated carbocycles. The molecule has 4 nitrogen and oxygen atoms in total. The number of ketones is 1. The highest BCUT2D eigenvalue weighted by atomic mass is 32.2. The maximum absolute atomic E-state index is 14.3. The molecule has 0 spiro atoms. The third kappa shape index (κ3) is 4.78. The van der Waals surface area contributed by atoms with Gasteiger partial charge in [-0.05, 0) is 24.6 Å². The minimum Gasteiger partial charge on any atom is -0.329 e. The summed E-state index contributed by atoms with van der Waals surface area (Å²) >= 11 is 1.35. The Hall–Kier alpha value is -2.68. The van der Waals surface area contributed by atoms with E-state index in [4.69, 9.17) is 0 Å². The van der Waals surface area contributed by atoms with Crippen LogP contribution in [0.3, 0.4) is 0 Å². The van der Waals surface area contributed by atoms with Gasteiger partial charge in [0.05, 0.1) is 11.3 Å². The third-order valence-corrected chi connectivity index (χ3v) is 4.82. The van der Waals surface area contributed by atoms with E-state index in [2.05, 4.69) is 14.7 Å². The molecule has 9 heteroatoms. The van der Waals surface area contributed by atoms with Gasteiger partial charge >= 0.3 is 12.1 Å². The van der Waals surface area contributed by atoms with E-state index in [1.165, 1.54) is 23.9 Å². The molecule has 1 heterocycles. The highest BCUT2D eigenvalue weighted by Crippen LogP contribution is 2.30. The number of thioether (sulfide) groups is 1. The Bertz CT molecular complexity index is 984. The number of carbonyl (C=O) groups is 1. The fourth-order valence-corrected chi connectivity index (χ4v) is 3.23. The Labute approximate surface area is 162 Å². The molecule has 0 N–H and O–H groups in total. The molecule has 0 atom stereocenters. The topological polar surface area (TPSA) is 56.0 Å². The third-order valence-electron chi connectivity index (χ3n) is 3.82. The van der Waals surface area contributed by atoms with Gasteiger partial charge in [0.25, 0.3) is 0 Å². The standard InChI is InChI=1S/C19H14F4N2O2S/c1-11-2-4-12(5-3-11)9-28-10-16(26)14-7-6-13(8-15(14)20)17-24-18(27-25-17)19(21,22)23/h2-8H,9-10H2,1H3. The number of nitrogens with zero attached hydrogens (tertiary/aromatic N) is 2. The van der Waals surface area contributed by atoms with Crippen molar-refractivity contribution in [3.05, 3.63) is 70.9 Å². The van der Waals surface area contributed by atoms with Crippen LogP contribution in [0, 0.1) is 12.7 Å². The number of hydrogen-bond donors (Lipinski definition) is 0. The molecule has 3 aromatic rings. The Balaban J connectivity index is 1.65. The van der Waals surface area contributed by atoms with Crippen LogP contribution in [0.4, 0.5) is 17.6 Å². The van der Waals surface area contributed by atoms with E-state index in [1.807, 2.05) is 31.2 Å². The molecular weight excluding hydrogens is 396 g/mol. The molecule has 0 aliphatic carbocycles. The molecule has 1 aromatic heterocycles. The van der Waals surface area contributed by atoms with Crippen molar-refractivity contribution in [2.45, 2.75) is 18.9 Å². The van der Waals surface area contributed by atoms with Crippen molar-refractivity contribution >= 4 is 17.5 Å². The number of alkyl halides is 3. The maximum atomic E-state index is 14.3. The molecule has 0 unspecified atom stereocenters. The summed E-state index contributed by atoms with van der Waals surface area (Å²) in [5.74, 6) is -2.50. The van der Waals surface area contributed by atoms with Crippen molar-refractivity contribution in [3.8, 4) is 11.4 Å². The lowest BCUT2D eigenvalue weighted by Crippen LogP contribution is -2.06. The summed E-state index contributed by atoms with van der Waals surface area (Å²) in [6.07, 6.45) is -4.78. The van der Waals surface area contributed by atoms with Crippen LogP contribution < -0.4 is 0 Å². The molecule has 0 saturated heterocycles. The maximum Gasteiger partial charge on any atom is 0.471 e. The molecule has 3 rings (SSSR count). The molecule has 0 amide bonds. The highest BCUT2D eigenvalue weighted by molar-refractivity contribution is 7.99. The number of benzene rings is 2. The number of halogens is 4. The Kier molecular flexibility index (Phi) is 5.83. The van der Waals surface area contributed by atoms with Crippen LogP contribution in [0.15, 0.2) is 47.0 Å². The zero-order chi connectivity index (χ0) is 20.3. The molecule has 0 fully saturated rings. The summed E-state index contributed by atoms with van der Waals surface area (Å²) < 4.78 is 55.9. The molecule has 0 radical (unpaired) electrons. The average Bonchev–Trinajstić information content (AvgIpc) is 3.14. The highest BCUT2D eigenvalue weighted by Gasteiger charge is 2.38. The first-order valence-electron chi connectivity index (χ1n) is 8.11. The van der Waals surface area contributed by atoms with E-state index in [9.17, 15) is 22.4 Å². The van der Waals surface area contributed by atoms with E-state index >= 15 is 0 Å². The van der Waals surface area contributed by atoms with Crippen molar-refractivity contribution in [1.29, 1.82) is 0 Å². The van der Waals surface area contributed by atoms with Crippen LogP contribution in [0.1, 0.15) is 27.4 Å². The van der Waals surface area contributed by atoms with Crippen molar-refractivity contribution < 1.29 is 26.9 Å². The molecule has 2 aromatic carbocycles. The normalized spacial score (nSPS) is 11.6. The van der Waals surface area contributed by atoms with Crippen molar-refractivity contribution in [2.24, 2.45) is 0 Å². The number of Topliss-reactive ketones (excluding diaryl/α,β-unsaturated/α-hetero) is 1. The van der Waals surface area contributed by atoms with E-state index in [0.717, 1.165) is 17.2 Å². The molecule has 0 bridgehead atoms. The zero-order valence-electron chi connectivity index (χ0n) is 14.6. The number of aromatic nitrogens is 2. The van der Waals surface area contributed by atoms with Gasteiger partial charge in [-0.3, -0.25) is 4.79 Å². The van der Waals surface area contributed by atoms with Crippen molar-refractivity contribution in [1.82, 2.24) is 10.1 Å². The Morgan fingerprint density at radius 2 is 1.86 bits per heavy atom. The zero-order valence-corrected chi connectivity index (χ0v) is 15.4. The SMILES string of the molecule is Cc1ccc(CSCC(=O)c2ccc(-c3noc(C(F)(F)F)n3)cc2F)cc1. The number of aryl methyl sites for hydroxylation is 1. The monoisotopic (exact) mass is 410 g/mol. The molecule has 28 heavy (non-hydrogen) atoms. The van der Waals surface area contributed by atoms with E-state index in [0.29, 0.717) is 5.75 Å². The van der Waals surface area contributed by atoms with Crippen LogP contribution in [-0.2, 0) is 11.9 Å². The first-order valence-corrected chi connectivity index (χ1v) is 9.27. The van der Waals surface area contributed by atoms with Gasteiger partial charge in [-0.15, -0.1) is 11.8 Å². The van der Waals surface area contributed by atoms with Gasteiger partial charge in [-0.25, -0.2) is 4.39 Å². The predicted octanol–water partition coefficient (Wildman–Crippen LogP) is 5.32. The second-order valence-corrected chi connectivity index (χ2v) is 7.00. The lowest BCUT2D eigenvalue weighted by Gasteiger charge is -2.05. The second kappa shape index (κ2) is 8.14. The Morgan fingerprint density at radius 1 is 1.14 bits per heavy atom. The van der Waals surface area contributed by atoms with Crippen LogP contribution in [0.5, 0.6) is 0 Å². The van der Waals surface area contributed by atoms with Gasteiger partial charge in [0.2, 0.25) is 5.82 Å². The smallest absolute Gasteiger partial charge is 0.329 e. The minimum absolute atomic E-state index is 0.0133. The second-order valence-electron chi connectivity index (χ2n) is 6.02. The summed E-state index contributed by atoms with van der Waals surface area (Å²) in [5.41, 5.74) is 2.04. The number of carbonyl (C=O) groups excluding carboxylic acids is 1. The summed E-state index contributed by atoms with van der Waals surface area (Å²) in [5, 5.41) is 3.20. The largest absolute Gasteiger partial charge is 0.471 e. The average molecular weight is 410 g/mol. The van der Waals surface area contributed by atoms with Crippen LogP contribution in [0.25, 0.3) is 11.4 Å². The number of rotatable bonds is 6. The minimum atomic E-state index is -4.78. The van der Waals surface area contributed by atoms with Gasteiger partial charge in [0.1, 0.15) is 5.82 Å². The fraction of sp³-hybridized carbons (Fsp3) is 0.211. The van der Waals surface area contributed by atoms with Crippen LogP contribution >= 0.6 is 11.8 Å². The summed E-state index contributed by atoms with van der Waals surface area (Å²) in [6, 6.07) is 11.3. The van der Waals surface area contributed by atoms with Gasteiger partial charge in [-0.2, -0.15) is 18.2 Å². The molecule has 146 valence electrons. The predicted molar refractivity (Wildman–Crippen MR) is 96.4 cm³/mol. The van der Waals surface area contributed by atoms with E-state index in [-0.39, 0.29) is 16.9 Å². The Morgan fingerprint density at radius 3 is 2.46 bits per heavy atom. The van der Waals surface area contributed by atoms with Crippen LogP contribution in [0.2, 0.25) is 0 Å². The first kappa shape index (κ1) is 20.1. The number of hydrogen-bond acceptors (Lipinski definition) is 5. The quantitative estimate of drug-likeness (QED) is 0.407. The summed E-state index contributed by atoms with van der Waals surface area (Å²) in [6.45, 7) is 1.98. The van der Waals surface area contributed by atoms with Gasteiger partial charge in [-0.1, -0.05) is 41.1 Å². The lowest BCUT2D eigenvalue weighted by molar-refractivity contribution is -0.159. The van der Waals surface area contributed by atoms with Crippen molar-refractivity contribution in [2.75, 3.05) is 5.75 Å². The fourth-order valence-electron chi connectivity index (χ4n) is 2.36. The van der Waals surface area contributed by atoms with Gasteiger partial charge in [0, 0.05) is 11.3 Å². The van der Waals surface area contributed by atoms with E-state index < -0.39 is 29.5 Å². The van der Waals surface area contributed by atoms with E-state index in [1.54, 1.807) is 0 Å². The van der Waals surface area contributed by atoms with Crippen LogP contribution in [-0.4, -0.2) is 21.7 Å². The van der Waals surface area contributed by atoms with Gasteiger partial charge < -0.3 is 4.52 Å². The summed E-state index contributed by atoms with van der Waals surface area (Å²) in [4.78, 5) is 15.4.